The highest BCUT2D eigenvalue weighted by Crippen LogP contribution is 2.30. The summed E-state index contributed by atoms with van der Waals surface area (Å²) >= 11 is 2.04. The van der Waals surface area contributed by atoms with Crippen molar-refractivity contribution in [2.24, 2.45) is 7.05 Å². The van der Waals surface area contributed by atoms with E-state index in [1.807, 2.05) is 30.4 Å². The second-order valence-electron chi connectivity index (χ2n) is 4.60. The Labute approximate surface area is 104 Å². The van der Waals surface area contributed by atoms with Gasteiger partial charge in [-0.05, 0) is 25.5 Å². The van der Waals surface area contributed by atoms with Gasteiger partial charge in [0.05, 0.1) is 5.69 Å². The number of nitrogens with two attached hydrogens (primary N) is 1. The Balaban J connectivity index is 2.04. The number of anilines is 1. The monoisotopic (exact) mass is 251 g/mol. The molecule has 1 unspecified atom stereocenters. The molecule has 2 aromatic heterocycles. The Morgan fingerprint density at radius 2 is 2.35 bits per heavy atom. The molecule has 3 heterocycles. The zero-order valence-electron chi connectivity index (χ0n) is 10.2. The molecule has 17 heavy (non-hydrogen) atoms. The summed E-state index contributed by atoms with van der Waals surface area (Å²) in [6, 6.07) is 0. The molecule has 3 rings (SSSR count). The van der Waals surface area contributed by atoms with Gasteiger partial charge in [0.2, 0.25) is 5.95 Å². The fourth-order valence-electron chi connectivity index (χ4n) is 2.52. The first-order valence-electron chi connectivity index (χ1n) is 5.93. The number of thioether (sulfide) groups is 1. The summed E-state index contributed by atoms with van der Waals surface area (Å²) in [5.41, 5.74) is 8.95. The quantitative estimate of drug-likeness (QED) is 0.880. The lowest BCUT2D eigenvalue weighted by Gasteiger charge is -2.11. The first-order chi connectivity index (χ1) is 8.16. The smallest absolute Gasteiger partial charge is 0.202 e. The van der Waals surface area contributed by atoms with Crippen LogP contribution in [0.15, 0.2) is 0 Å². The van der Waals surface area contributed by atoms with Gasteiger partial charge in [-0.3, -0.25) is 9.25 Å². The van der Waals surface area contributed by atoms with Gasteiger partial charge in [0.15, 0.2) is 5.65 Å². The number of nitrogen functional groups attached to an aromatic ring is 1. The number of aromatic nitrogens is 4. The third-order valence-corrected chi connectivity index (χ3v) is 4.71. The van der Waals surface area contributed by atoms with E-state index in [9.17, 15) is 0 Å². The van der Waals surface area contributed by atoms with Crippen LogP contribution in [0.2, 0.25) is 0 Å². The third-order valence-electron chi connectivity index (χ3n) is 3.33. The molecule has 0 amide bonds. The molecule has 2 N–H and O–H groups in total. The van der Waals surface area contributed by atoms with Crippen LogP contribution in [0.5, 0.6) is 0 Å². The van der Waals surface area contributed by atoms with Crippen LogP contribution in [0.25, 0.3) is 11.2 Å². The number of hydrogen-bond donors (Lipinski definition) is 1. The Hall–Kier alpha value is -1.17. The fraction of sp³-hybridized carbons (Fsp3) is 0.636. The molecule has 2 aromatic rings. The standard InChI is InChI=1S/C11H17N5S/c1-7-9-10(15(2)14-7)16(11(12)13-9)6-8-4-3-5-17-8/h8H,3-6H2,1-2H3,(H2,12,13). The third kappa shape index (κ3) is 1.71. The summed E-state index contributed by atoms with van der Waals surface area (Å²) in [6.45, 7) is 2.93. The number of nitrogens with zero attached hydrogens (tertiary/aromatic N) is 4. The van der Waals surface area contributed by atoms with Gasteiger partial charge >= 0.3 is 0 Å². The Morgan fingerprint density at radius 1 is 1.53 bits per heavy atom. The maximum absolute atomic E-state index is 6.02. The molecule has 0 aromatic carbocycles. The summed E-state index contributed by atoms with van der Waals surface area (Å²) in [4.78, 5) is 4.42. The number of hydrogen-bond acceptors (Lipinski definition) is 4. The van der Waals surface area contributed by atoms with Gasteiger partial charge in [-0.15, -0.1) is 0 Å². The van der Waals surface area contributed by atoms with Gasteiger partial charge in [0.1, 0.15) is 5.52 Å². The predicted octanol–water partition coefficient (Wildman–Crippen LogP) is 1.56. The maximum atomic E-state index is 6.02. The molecule has 0 spiro atoms. The van der Waals surface area contributed by atoms with Crippen molar-refractivity contribution < 1.29 is 0 Å². The Morgan fingerprint density at radius 3 is 3.06 bits per heavy atom. The number of rotatable bonds is 2. The first-order valence-corrected chi connectivity index (χ1v) is 6.98. The molecular weight excluding hydrogens is 234 g/mol. The topological polar surface area (TPSA) is 61.7 Å². The van der Waals surface area contributed by atoms with E-state index < -0.39 is 0 Å². The second-order valence-corrected chi connectivity index (χ2v) is 6.01. The summed E-state index contributed by atoms with van der Waals surface area (Å²) in [5.74, 6) is 1.89. The normalized spacial score (nSPS) is 20.5. The van der Waals surface area contributed by atoms with Crippen molar-refractivity contribution in [2.75, 3.05) is 11.5 Å². The van der Waals surface area contributed by atoms with Gasteiger partial charge in [0.25, 0.3) is 0 Å². The SMILES string of the molecule is Cc1nn(C)c2c1nc(N)n2CC1CCCS1. The average Bonchev–Trinajstić information content (AvgIpc) is 2.93. The largest absolute Gasteiger partial charge is 0.369 e. The van der Waals surface area contributed by atoms with Crippen molar-refractivity contribution in [3.8, 4) is 0 Å². The van der Waals surface area contributed by atoms with Crippen LogP contribution in [0.3, 0.4) is 0 Å². The van der Waals surface area contributed by atoms with Crippen molar-refractivity contribution in [2.45, 2.75) is 31.6 Å². The fourth-order valence-corrected chi connectivity index (χ4v) is 3.78. The molecular formula is C11H17N5S. The first kappa shape index (κ1) is 11.0. The summed E-state index contributed by atoms with van der Waals surface area (Å²) < 4.78 is 3.99. The lowest BCUT2D eigenvalue weighted by Crippen LogP contribution is -2.14. The van der Waals surface area contributed by atoms with Crippen LogP contribution in [0.1, 0.15) is 18.5 Å². The lowest BCUT2D eigenvalue weighted by molar-refractivity contribution is 0.636. The lowest BCUT2D eigenvalue weighted by atomic mass is 10.2. The van der Waals surface area contributed by atoms with Crippen molar-refractivity contribution in [3.05, 3.63) is 5.69 Å². The molecule has 1 saturated heterocycles. The minimum atomic E-state index is 0.614. The minimum Gasteiger partial charge on any atom is -0.369 e. The van der Waals surface area contributed by atoms with Crippen LogP contribution >= 0.6 is 11.8 Å². The van der Waals surface area contributed by atoms with Gasteiger partial charge in [0, 0.05) is 18.8 Å². The molecule has 0 bridgehead atoms. The van der Waals surface area contributed by atoms with Crippen molar-refractivity contribution in [3.63, 3.8) is 0 Å². The summed E-state index contributed by atoms with van der Waals surface area (Å²) in [5, 5.41) is 5.07. The highest BCUT2D eigenvalue weighted by atomic mass is 32.2. The minimum absolute atomic E-state index is 0.614. The van der Waals surface area contributed by atoms with E-state index in [-0.39, 0.29) is 0 Å². The molecule has 0 saturated carbocycles. The average molecular weight is 251 g/mol. The second kappa shape index (κ2) is 3.94. The van der Waals surface area contributed by atoms with E-state index in [1.165, 1.54) is 18.6 Å². The van der Waals surface area contributed by atoms with Crippen LogP contribution in [-0.2, 0) is 13.6 Å². The van der Waals surface area contributed by atoms with E-state index >= 15 is 0 Å². The molecule has 0 aliphatic carbocycles. The van der Waals surface area contributed by atoms with Gasteiger partial charge in [-0.1, -0.05) is 0 Å². The molecule has 0 radical (unpaired) electrons. The van der Waals surface area contributed by atoms with E-state index in [0.717, 1.165) is 23.4 Å². The molecule has 6 heteroatoms. The molecule has 92 valence electrons. The molecule has 1 aliphatic heterocycles. The van der Waals surface area contributed by atoms with Crippen LogP contribution in [0.4, 0.5) is 5.95 Å². The predicted molar refractivity (Wildman–Crippen MR) is 71.1 cm³/mol. The summed E-state index contributed by atoms with van der Waals surface area (Å²) in [7, 11) is 1.95. The van der Waals surface area contributed by atoms with Crippen molar-refractivity contribution in [1.82, 2.24) is 19.3 Å². The van der Waals surface area contributed by atoms with Crippen molar-refractivity contribution in [1.29, 1.82) is 0 Å². The Kier molecular flexibility index (Phi) is 2.54. The van der Waals surface area contributed by atoms with E-state index in [1.54, 1.807) is 0 Å². The van der Waals surface area contributed by atoms with Crippen molar-refractivity contribution >= 4 is 28.9 Å². The maximum Gasteiger partial charge on any atom is 0.202 e. The number of aryl methyl sites for hydroxylation is 2. The Bertz CT molecular complexity index is 550. The highest BCUT2D eigenvalue weighted by Gasteiger charge is 2.21. The zero-order valence-corrected chi connectivity index (χ0v) is 11.0. The van der Waals surface area contributed by atoms with Crippen LogP contribution in [0, 0.1) is 6.92 Å². The molecule has 5 nitrogen and oxygen atoms in total. The van der Waals surface area contributed by atoms with Gasteiger partial charge in [-0.2, -0.15) is 16.9 Å². The van der Waals surface area contributed by atoms with Gasteiger partial charge < -0.3 is 5.73 Å². The molecule has 1 atom stereocenters. The highest BCUT2D eigenvalue weighted by molar-refractivity contribution is 8.00. The van der Waals surface area contributed by atoms with E-state index in [4.69, 9.17) is 5.73 Å². The zero-order chi connectivity index (χ0) is 12.0. The van der Waals surface area contributed by atoms with Crippen LogP contribution in [-0.4, -0.2) is 30.3 Å². The van der Waals surface area contributed by atoms with E-state index in [0.29, 0.717) is 11.2 Å². The molecule has 1 fully saturated rings. The summed E-state index contributed by atoms with van der Waals surface area (Å²) in [6.07, 6.45) is 2.60. The van der Waals surface area contributed by atoms with E-state index in [2.05, 4.69) is 14.6 Å². The number of imidazole rings is 1. The van der Waals surface area contributed by atoms with Gasteiger partial charge in [-0.25, -0.2) is 4.98 Å². The number of fused-ring (bicyclic) bond motifs is 1. The molecule has 1 aliphatic rings. The van der Waals surface area contributed by atoms with Crippen LogP contribution < -0.4 is 5.73 Å².